The van der Waals surface area contributed by atoms with E-state index in [-0.39, 0.29) is 0 Å². The highest BCUT2D eigenvalue weighted by molar-refractivity contribution is 7.09. The summed E-state index contributed by atoms with van der Waals surface area (Å²) in [4.78, 5) is 4.44. The summed E-state index contributed by atoms with van der Waals surface area (Å²) in [5.41, 5.74) is 0. The third kappa shape index (κ3) is 2.65. The molecule has 78 valence electrons. The van der Waals surface area contributed by atoms with E-state index in [1.807, 2.05) is 0 Å². The van der Waals surface area contributed by atoms with Gasteiger partial charge in [0.1, 0.15) is 5.82 Å². The average Bonchev–Trinajstić information content (AvgIpc) is 2.94. The van der Waals surface area contributed by atoms with Crippen LogP contribution in [0.15, 0.2) is 0 Å². The molecule has 0 bridgehead atoms. The summed E-state index contributed by atoms with van der Waals surface area (Å²) in [6, 6.07) is 0. The Labute approximate surface area is 88.3 Å². The second-order valence-electron chi connectivity index (χ2n) is 3.51. The molecule has 0 aromatic carbocycles. The third-order valence-electron chi connectivity index (χ3n) is 2.21. The molecule has 1 aromatic rings. The van der Waals surface area contributed by atoms with Gasteiger partial charge in [-0.15, -0.1) is 0 Å². The average molecular weight is 212 g/mol. The van der Waals surface area contributed by atoms with E-state index in [0.29, 0.717) is 5.92 Å². The summed E-state index contributed by atoms with van der Waals surface area (Å²) in [6.45, 7) is 5.03. The van der Waals surface area contributed by atoms with Crippen molar-refractivity contribution in [3.8, 4) is 0 Å². The van der Waals surface area contributed by atoms with Gasteiger partial charge in [0.15, 0.2) is 0 Å². The fourth-order valence-electron chi connectivity index (χ4n) is 1.25. The molecule has 0 spiro atoms. The SMILES string of the molecule is CCNCCNc1nc(C2CC2)ns1. The number of rotatable bonds is 6. The van der Waals surface area contributed by atoms with Crippen molar-refractivity contribution in [3.63, 3.8) is 0 Å². The zero-order valence-electron chi connectivity index (χ0n) is 8.42. The lowest BCUT2D eigenvalue weighted by Gasteiger charge is -2.01. The van der Waals surface area contributed by atoms with Crippen LogP contribution in [0.1, 0.15) is 31.5 Å². The van der Waals surface area contributed by atoms with Gasteiger partial charge in [0, 0.05) is 30.5 Å². The third-order valence-corrected chi connectivity index (χ3v) is 2.90. The first kappa shape index (κ1) is 9.86. The standard InChI is InChI=1S/C9H16N4S/c1-2-10-5-6-11-9-12-8(13-14-9)7-3-4-7/h7,10H,2-6H2,1H3,(H,11,12,13). The topological polar surface area (TPSA) is 49.8 Å². The molecule has 0 unspecified atom stereocenters. The molecule has 1 fully saturated rings. The van der Waals surface area contributed by atoms with Gasteiger partial charge in [-0.1, -0.05) is 6.92 Å². The van der Waals surface area contributed by atoms with Gasteiger partial charge in [-0.25, -0.2) is 4.98 Å². The Balaban J connectivity index is 1.72. The smallest absolute Gasteiger partial charge is 0.202 e. The van der Waals surface area contributed by atoms with E-state index in [1.54, 1.807) is 0 Å². The Bertz CT molecular complexity index is 282. The lowest BCUT2D eigenvalue weighted by Crippen LogP contribution is -2.21. The van der Waals surface area contributed by atoms with E-state index in [2.05, 4.69) is 26.9 Å². The van der Waals surface area contributed by atoms with Crippen molar-refractivity contribution in [3.05, 3.63) is 5.82 Å². The quantitative estimate of drug-likeness (QED) is 0.701. The zero-order valence-corrected chi connectivity index (χ0v) is 9.23. The van der Waals surface area contributed by atoms with Crippen LogP contribution in [-0.2, 0) is 0 Å². The van der Waals surface area contributed by atoms with Gasteiger partial charge < -0.3 is 10.6 Å². The largest absolute Gasteiger partial charge is 0.359 e. The number of likely N-dealkylation sites (N-methyl/N-ethyl adjacent to an activating group) is 1. The van der Waals surface area contributed by atoms with Crippen molar-refractivity contribution < 1.29 is 0 Å². The Hall–Kier alpha value is -0.680. The van der Waals surface area contributed by atoms with Gasteiger partial charge in [0.25, 0.3) is 0 Å². The normalized spacial score (nSPS) is 15.8. The minimum Gasteiger partial charge on any atom is -0.359 e. The maximum absolute atomic E-state index is 4.44. The predicted octanol–water partition coefficient (Wildman–Crippen LogP) is 1.44. The lowest BCUT2D eigenvalue weighted by molar-refractivity contribution is 0.738. The fourth-order valence-corrected chi connectivity index (χ4v) is 1.92. The number of nitrogens with zero attached hydrogens (tertiary/aromatic N) is 2. The van der Waals surface area contributed by atoms with E-state index in [1.165, 1.54) is 24.4 Å². The summed E-state index contributed by atoms with van der Waals surface area (Å²) in [6.07, 6.45) is 2.54. The first-order valence-corrected chi connectivity index (χ1v) is 5.95. The first-order valence-electron chi connectivity index (χ1n) is 5.18. The molecule has 1 aliphatic rings. The van der Waals surface area contributed by atoms with Crippen molar-refractivity contribution in [2.45, 2.75) is 25.7 Å². The van der Waals surface area contributed by atoms with Gasteiger partial charge >= 0.3 is 0 Å². The minimum absolute atomic E-state index is 0.663. The summed E-state index contributed by atoms with van der Waals surface area (Å²) in [5.74, 6) is 1.71. The van der Waals surface area contributed by atoms with Crippen molar-refractivity contribution >= 4 is 16.7 Å². The second-order valence-corrected chi connectivity index (χ2v) is 4.26. The molecule has 2 rings (SSSR count). The van der Waals surface area contributed by atoms with Crippen LogP contribution in [-0.4, -0.2) is 29.0 Å². The van der Waals surface area contributed by atoms with Crippen LogP contribution in [0.25, 0.3) is 0 Å². The summed E-state index contributed by atoms with van der Waals surface area (Å²) < 4.78 is 4.32. The summed E-state index contributed by atoms with van der Waals surface area (Å²) >= 11 is 1.48. The van der Waals surface area contributed by atoms with Crippen molar-refractivity contribution in [1.29, 1.82) is 0 Å². The van der Waals surface area contributed by atoms with Crippen LogP contribution < -0.4 is 10.6 Å². The Morgan fingerprint density at radius 2 is 2.29 bits per heavy atom. The second kappa shape index (κ2) is 4.70. The molecule has 14 heavy (non-hydrogen) atoms. The molecular weight excluding hydrogens is 196 g/mol. The van der Waals surface area contributed by atoms with Crippen LogP contribution in [0, 0.1) is 0 Å². The zero-order chi connectivity index (χ0) is 9.80. The first-order chi connectivity index (χ1) is 6.90. The Kier molecular flexibility index (Phi) is 3.31. The molecule has 1 saturated carbocycles. The molecule has 0 amide bonds. The van der Waals surface area contributed by atoms with E-state index >= 15 is 0 Å². The number of anilines is 1. The van der Waals surface area contributed by atoms with Crippen LogP contribution in [0.2, 0.25) is 0 Å². The number of nitrogens with one attached hydrogen (secondary N) is 2. The van der Waals surface area contributed by atoms with Gasteiger partial charge in [-0.3, -0.25) is 0 Å². The van der Waals surface area contributed by atoms with E-state index in [0.717, 1.165) is 30.6 Å². The predicted molar refractivity (Wildman–Crippen MR) is 58.9 cm³/mol. The van der Waals surface area contributed by atoms with Crippen LogP contribution >= 0.6 is 11.5 Å². The molecular formula is C9H16N4S. The van der Waals surface area contributed by atoms with E-state index in [9.17, 15) is 0 Å². The molecule has 0 radical (unpaired) electrons. The molecule has 4 nitrogen and oxygen atoms in total. The van der Waals surface area contributed by atoms with Crippen molar-refractivity contribution in [2.75, 3.05) is 25.0 Å². The highest BCUT2D eigenvalue weighted by Gasteiger charge is 2.27. The number of hydrogen-bond donors (Lipinski definition) is 2. The van der Waals surface area contributed by atoms with Gasteiger partial charge in [0.05, 0.1) is 0 Å². The summed E-state index contributed by atoms with van der Waals surface area (Å²) in [5, 5.41) is 7.48. The Morgan fingerprint density at radius 1 is 1.43 bits per heavy atom. The van der Waals surface area contributed by atoms with E-state index in [4.69, 9.17) is 0 Å². The molecule has 1 heterocycles. The van der Waals surface area contributed by atoms with Crippen LogP contribution in [0.4, 0.5) is 5.13 Å². The minimum atomic E-state index is 0.663. The Morgan fingerprint density at radius 3 is 3.00 bits per heavy atom. The van der Waals surface area contributed by atoms with Gasteiger partial charge in [0.2, 0.25) is 5.13 Å². The van der Waals surface area contributed by atoms with Gasteiger partial charge in [-0.05, 0) is 19.4 Å². The molecule has 1 aliphatic carbocycles. The maximum Gasteiger partial charge on any atom is 0.202 e. The lowest BCUT2D eigenvalue weighted by atomic mass is 10.4. The van der Waals surface area contributed by atoms with Crippen molar-refractivity contribution in [2.24, 2.45) is 0 Å². The molecule has 0 saturated heterocycles. The summed E-state index contributed by atoms with van der Waals surface area (Å²) in [7, 11) is 0. The molecule has 5 heteroatoms. The molecule has 1 aromatic heterocycles. The van der Waals surface area contributed by atoms with Crippen LogP contribution in [0.5, 0.6) is 0 Å². The monoisotopic (exact) mass is 212 g/mol. The number of aromatic nitrogens is 2. The van der Waals surface area contributed by atoms with Gasteiger partial charge in [-0.2, -0.15) is 4.37 Å². The highest BCUT2D eigenvalue weighted by atomic mass is 32.1. The highest BCUT2D eigenvalue weighted by Crippen LogP contribution is 2.39. The van der Waals surface area contributed by atoms with Crippen molar-refractivity contribution in [1.82, 2.24) is 14.7 Å². The molecule has 0 atom stereocenters. The van der Waals surface area contributed by atoms with E-state index < -0.39 is 0 Å². The molecule has 0 aliphatic heterocycles. The fraction of sp³-hybridized carbons (Fsp3) is 0.778. The van der Waals surface area contributed by atoms with Crippen LogP contribution in [0.3, 0.4) is 0 Å². The number of hydrogen-bond acceptors (Lipinski definition) is 5. The maximum atomic E-state index is 4.44. The molecule has 2 N–H and O–H groups in total.